The Kier molecular flexibility index (Phi) is 5.45. The SMILES string of the molecule is Cc1nn(C(C)C(=O)N2CCN(Cc3ccccc3)CC2)c(C)c1Cl. The molecule has 1 unspecified atom stereocenters. The van der Waals surface area contributed by atoms with Gasteiger partial charge in [0.05, 0.1) is 16.4 Å². The third-order valence-corrected chi connectivity index (χ3v) is 5.44. The minimum atomic E-state index is -0.327. The second kappa shape index (κ2) is 7.58. The van der Waals surface area contributed by atoms with Gasteiger partial charge in [0.2, 0.25) is 5.91 Å². The number of aromatic nitrogens is 2. The minimum absolute atomic E-state index is 0.113. The van der Waals surface area contributed by atoms with Gasteiger partial charge in [-0.1, -0.05) is 41.9 Å². The van der Waals surface area contributed by atoms with E-state index >= 15 is 0 Å². The Morgan fingerprint density at radius 3 is 2.36 bits per heavy atom. The van der Waals surface area contributed by atoms with Crippen LogP contribution < -0.4 is 0 Å². The molecule has 0 N–H and O–H groups in total. The Morgan fingerprint density at radius 1 is 1.16 bits per heavy atom. The van der Waals surface area contributed by atoms with Gasteiger partial charge in [0.15, 0.2) is 0 Å². The summed E-state index contributed by atoms with van der Waals surface area (Å²) in [7, 11) is 0. The number of carbonyl (C=O) groups excluding carboxylic acids is 1. The normalized spacial score (nSPS) is 16.9. The Morgan fingerprint density at radius 2 is 1.80 bits per heavy atom. The zero-order valence-corrected chi connectivity index (χ0v) is 15.8. The van der Waals surface area contributed by atoms with Crippen molar-refractivity contribution in [2.45, 2.75) is 33.4 Å². The standard InChI is InChI=1S/C19H25ClN4O/c1-14-18(20)15(2)24(21-14)16(3)19(25)23-11-9-22(10-12-23)13-17-7-5-4-6-8-17/h4-8,16H,9-13H2,1-3H3. The molecule has 0 bridgehead atoms. The molecule has 1 aliphatic heterocycles. The van der Waals surface area contributed by atoms with E-state index in [1.54, 1.807) is 4.68 Å². The molecule has 6 heteroatoms. The Hall–Kier alpha value is -1.85. The second-order valence-electron chi connectivity index (χ2n) is 6.69. The molecule has 0 aliphatic carbocycles. The summed E-state index contributed by atoms with van der Waals surface area (Å²) >= 11 is 6.21. The van der Waals surface area contributed by atoms with Crippen LogP contribution in [0.1, 0.15) is 29.9 Å². The molecule has 5 nitrogen and oxygen atoms in total. The van der Waals surface area contributed by atoms with Gasteiger partial charge in [-0.25, -0.2) is 0 Å². The monoisotopic (exact) mass is 360 g/mol. The van der Waals surface area contributed by atoms with Crippen LogP contribution in [0, 0.1) is 13.8 Å². The number of halogens is 1. The fraction of sp³-hybridized carbons (Fsp3) is 0.474. The van der Waals surface area contributed by atoms with Gasteiger partial charge in [0.1, 0.15) is 6.04 Å². The molecule has 1 fully saturated rings. The van der Waals surface area contributed by atoms with Crippen molar-refractivity contribution in [3.8, 4) is 0 Å². The number of nitrogens with zero attached hydrogens (tertiary/aromatic N) is 4. The van der Waals surface area contributed by atoms with Crippen LogP contribution >= 0.6 is 11.6 Å². The van der Waals surface area contributed by atoms with Crippen LogP contribution in [-0.2, 0) is 11.3 Å². The first-order valence-corrected chi connectivity index (χ1v) is 9.11. The Labute approximate surface area is 154 Å². The molecule has 2 heterocycles. The third-order valence-electron chi connectivity index (χ3n) is 4.89. The predicted octanol–water partition coefficient (Wildman–Crippen LogP) is 3.06. The van der Waals surface area contributed by atoms with E-state index in [1.807, 2.05) is 31.7 Å². The highest BCUT2D eigenvalue weighted by molar-refractivity contribution is 6.31. The summed E-state index contributed by atoms with van der Waals surface area (Å²) in [4.78, 5) is 17.2. The van der Waals surface area contributed by atoms with Crippen molar-refractivity contribution in [3.63, 3.8) is 0 Å². The average molecular weight is 361 g/mol. The average Bonchev–Trinajstić information content (AvgIpc) is 2.89. The topological polar surface area (TPSA) is 41.4 Å². The molecule has 2 aromatic rings. The highest BCUT2D eigenvalue weighted by Crippen LogP contribution is 2.23. The summed E-state index contributed by atoms with van der Waals surface area (Å²) in [5, 5.41) is 5.07. The second-order valence-corrected chi connectivity index (χ2v) is 7.07. The maximum Gasteiger partial charge on any atom is 0.247 e. The number of piperazine rings is 1. The van der Waals surface area contributed by atoms with Crippen LogP contribution in [0.4, 0.5) is 0 Å². The molecule has 1 saturated heterocycles. The number of hydrogen-bond donors (Lipinski definition) is 0. The molecular formula is C19H25ClN4O. The number of carbonyl (C=O) groups is 1. The van der Waals surface area contributed by atoms with E-state index in [4.69, 9.17) is 11.6 Å². The van der Waals surface area contributed by atoms with E-state index in [0.29, 0.717) is 5.02 Å². The summed E-state index contributed by atoms with van der Waals surface area (Å²) in [6.07, 6.45) is 0. The van der Waals surface area contributed by atoms with Crippen LogP contribution in [0.5, 0.6) is 0 Å². The Bertz CT molecular complexity index is 735. The maximum absolute atomic E-state index is 12.8. The number of benzene rings is 1. The van der Waals surface area contributed by atoms with Gasteiger partial charge in [0, 0.05) is 32.7 Å². The molecule has 1 atom stereocenters. The van der Waals surface area contributed by atoms with Crippen LogP contribution in [0.3, 0.4) is 0 Å². The first kappa shape index (κ1) is 18.0. The van der Waals surface area contributed by atoms with Crippen molar-refractivity contribution in [1.29, 1.82) is 0 Å². The first-order valence-electron chi connectivity index (χ1n) is 8.73. The minimum Gasteiger partial charge on any atom is -0.338 e. The Balaban J connectivity index is 1.58. The zero-order valence-electron chi connectivity index (χ0n) is 15.1. The van der Waals surface area contributed by atoms with E-state index in [-0.39, 0.29) is 11.9 Å². The molecule has 25 heavy (non-hydrogen) atoms. The first-order chi connectivity index (χ1) is 12.0. The molecule has 1 aliphatic rings. The van der Waals surface area contributed by atoms with Gasteiger partial charge in [-0.15, -0.1) is 0 Å². The molecular weight excluding hydrogens is 336 g/mol. The molecule has 1 aromatic heterocycles. The zero-order chi connectivity index (χ0) is 18.0. The summed E-state index contributed by atoms with van der Waals surface area (Å²) in [6, 6.07) is 10.1. The van der Waals surface area contributed by atoms with Crippen molar-refractivity contribution in [3.05, 3.63) is 52.3 Å². The molecule has 1 aromatic carbocycles. The van der Waals surface area contributed by atoms with Crippen molar-refractivity contribution in [2.75, 3.05) is 26.2 Å². The van der Waals surface area contributed by atoms with Gasteiger partial charge in [0.25, 0.3) is 0 Å². The van der Waals surface area contributed by atoms with Crippen LogP contribution in [0.2, 0.25) is 5.02 Å². The fourth-order valence-electron chi connectivity index (χ4n) is 3.36. The summed E-state index contributed by atoms with van der Waals surface area (Å²) in [5.74, 6) is 0.113. The number of hydrogen-bond acceptors (Lipinski definition) is 3. The van der Waals surface area contributed by atoms with Gasteiger partial charge in [-0.2, -0.15) is 5.10 Å². The summed E-state index contributed by atoms with van der Waals surface area (Å²) in [5.41, 5.74) is 2.93. The van der Waals surface area contributed by atoms with Crippen LogP contribution in [0.25, 0.3) is 0 Å². The predicted molar refractivity (Wildman–Crippen MR) is 99.7 cm³/mol. The van der Waals surface area contributed by atoms with E-state index < -0.39 is 0 Å². The van der Waals surface area contributed by atoms with Crippen molar-refractivity contribution >= 4 is 17.5 Å². The van der Waals surface area contributed by atoms with Gasteiger partial charge >= 0.3 is 0 Å². The fourth-order valence-corrected chi connectivity index (χ4v) is 3.48. The number of aryl methyl sites for hydroxylation is 1. The highest BCUT2D eigenvalue weighted by Gasteiger charge is 2.27. The van der Waals surface area contributed by atoms with Gasteiger partial charge in [-0.3, -0.25) is 14.4 Å². The van der Waals surface area contributed by atoms with Crippen LogP contribution in [0.15, 0.2) is 30.3 Å². The quantitative estimate of drug-likeness (QED) is 0.841. The highest BCUT2D eigenvalue weighted by atomic mass is 35.5. The summed E-state index contributed by atoms with van der Waals surface area (Å²) in [6.45, 7) is 9.90. The smallest absolute Gasteiger partial charge is 0.247 e. The van der Waals surface area contributed by atoms with E-state index in [0.717, 1.165) is 44.1 Å². The lowest BCUT2D eigenvalue weighted by molar-refractivity contribution is -0.136. The molecule has 0 spiro atoms. The maximum atomic E-state index is 12.8. The molecule has 0 radical (unpaired) electrons. The van der Waals surface area contributed by atoms with Gasteiger partial charge in [-0.05, 0) is 26.3 Å². The molecule has 1 amide bonds. The lowest BCUT2D eigenvalue weighted by Crippen LogP contribution is -2.50. The lowest BCUT2D eigenvalue weighted by atomic mass is 10.2. The molecule has 3 rings (SSSR count). The van der Waals surface area contributed by atoms with Crippen molar-refractivity contribution in [2.24, 2.45) is 0 Å². The molecule has 0 saturated carbocycles. The van der Waals surface area contributed by atoms with E-state index in [1.165, 1.54) is 5.56 Å². The summed E-state index contributed by atoms with van der Waals surface area (Å²) < 4.78 is 1.75. The largest absolute Gasteiger partial charge is 0.338 e. The molecule has 134 valence electrons. The van der Waals surface area contributed by atoms with Crippen LogP contribution in [-0.4, -0.2) is 51.7 Å². The van der Waals surface area contributed by atoms with Crippen molar-refractivity contribution < 1.29 is 4.79 Å². The number of amides is 1. The van der Waals surface area contributed by atoms with Crippen molar-refractivity contribution in [1.82, 2.24) is 19.6 Å². The number of rotatable bonds is 4. The lowest BCUT2D eigenvalue weighted by Gasteiger charge is -2.36. The third kappa shape index (κ3) is 3.88. The van der Waals surface area contributed by atoms with Gasteiger partial charge < -0.3 is 4.90 Å². The van der Waals surface area contributed by atoms with E-state index in [9.17, 15) is 4.79 Å². The van der Waals surface area contributed by atoms with E-state index in [2.05, 4.69) is 34.3 Å².